The van der Waals surface area contributed by atoms with Gasteiger partial charge >= 0.3 is 0 Å². The SMILES string of the molecule is COc1ccc(OC)c(-c2cc(C(C)N)ccc2F)c1. The van der Waals surface area contributed by atoms with Crippen LogP contribution in [0.2, 0.25) is 0 Å². The molecule has 2 rings (SSSR count). The van der Waals surface area contributed by atoms with Gasteiger partial charge in [-0.1, -0.05) is 6.07 Å². The van der Waals surface area contributed by atoms with Gasteiger partial charge in [0.15, 0.2) is 0 Å². The zero-order valence-electron chi connectivity index (χ0n) is 11.8. The van der Waals surface area contributed by atoms with Crippen molar-refractivity contribution in [2.75, 3.05) is 14.2 Å². The lowest BCUT2D eigenvalue weighted by Gasteiger charge is -2.14. The summed E-state index contributed by atoms with van der Waals surface area (Å²) in [6, 6.07) is 9.98. The highest BCUT2D eigenvalue weighted by Gasteiger charge is 2.13. The van der Waals surface area contributed by atoms with Crippen LogP contribution in [-0.4, -0.2) is 14.2 Å². The van der Waals surface area contributed by atoms with E-state index in [1.54, 1.807) is 44.6 Å². The molecule has 106 valence electrons. The molecule has 0 fully saturated rings. The van der Waals surface area contributed by atoms with Crippen LogP contribution in [0.25, 0.3) is 11.1 Å². The normalized spacial score (nSPS) is 12.1. The molecule has 0 aliphatic rings. The van der Waals surface area contributed by atoms with E-state index in [2.05, 4.69) is 0 Å². The predicted octanol–water partition coefficient (Wildman–Crippen LogP) is 3.53. The Bertz CT molecular complexity index is 611. The first-order valence-electron chi connectivity index (χ1n) is 6.34. The quantitative estimate of drug-likeness (QED) is 0.928. The highest BCUT2D eigenvalue weighted by Crippen LogP contribution is 2.35. The van der Waals surface area contributed by atoms with Crippen molar-refractivity contribution in [1.29, 1.82) is 0 Å². The van der Waals surface area contributed by atoms with Gasteiger partial charge in [0.2, 0.25) is 0 Å². The molecule has 1 unspecified atom stereocenters. The standard InChI is InChI=1S/C16H18FNO2/c1-10(18)11-4-6-15(17)13(8-11)14-9-12(19-2)5-7-16(14)20-3/h4-10H,18H2,1-3H3. The van der Waals surface area contributed by atoms with Crippen molar-refractivity contribution in [3.05, 3.63) is 47.8 Å². The molecule has 0 amide bonds. The largest absolute Gasteiger partial charge is 0.497 e. The minimum absolute atomic E-state index is 0.161. The molecule has 0 radical (unpaired) electrons. The summed E-state index contributed by atoms with van der Waals surface area (Å²) >= 11 is 0. The zero-order valence-corrected chi connectivity index (χ0v) is 11.8. The van der Waals surface area contributed by atoms with Gasteiger partial charge in [-0.05, 0) is 42.8 Å². The fourth-order valence-corrected chi connectivity index (χ4v) is 2.06. The summed E-state index contributed by atoms with van der Waals surface area (Å²) in [5, 5.41) is 0. The second kappa shape index (κ2) is 5.92. The molecule has 2 aromatic carbocycles. The maximum atomic E-state index is 14.1. The minimum Gasteiger partial charge on any atom is -0.497 e. The Labute approximate surface area is 118 Å². The van der Waals surface area contributed by atoms with E-state index in [1.807, 2.05) is 6.92 Å². The van der Waals surface area contributed by atoms with Crippen molar-refractivity contribution in [1.82, 2.24) is 0 Å². The Balaban J connectivity index is 2.62. The fourth-order valence-electron chi connectivity index (χ4n) is 2.06. The second-order valence-corrected chi connectivity index (χ2v) is 4.59. The average molecular weight is 275 g/mol. The highest BCUT2D eigenvalue weighted by atomic mass is 19.1. The maximum Gasteiger partial charge on any atom is 0.131 e. The lowest BCUT2D eigenvalue weighted by Crippen LogP contribution is -2.05. The van der Waals surface area contributed by atoms with Crippen molar-refractivity contribution in [2.24, 2.45) is 5.73 Å². The monoisotopic (exact) mass is 275 g/mol. The summed E-state index contributed by atoms with van der Waals surface area (Å²) in [4.78, 5) is 0. The molecule has 0 heterocycles. The maximum absolute atomic E-state index is 14.1. The molecule has 0 aliphatic heterocycles. The van der Waals surface area contributed by atoms with Gasteiger partial charge in [-0.15, -0.1) is 0 Å². The lowest BCUT2D eigenvalue weighted by molar-refractivity contribution is 0.404. The highest BCUT2D eigenvalue weighted by molar-refractivity contribution is 5.73. The first-order chi connectivity index (χ1) is 9.56. The number of hydrogen-bond donors (Lipinski definition) is 1. The lowest BCUT2D eigenvalue weighted by atomic mass is 9.99. The van der Waals surface area contributed by atoms with Crippen LogP contribution in [0.5, 0.6) is 11.5 Å². The molecule has 4 heteroatoms. The van der Waals surface area contributed by atoms with Crippen LogP contribution in [0.1, 0.15) is 18.5 Å². The fraction of sp³-hybridized carbons (Fsp3) is 0.250. The Morgan fingerprint density at radius 3 is 2.35 bits per heavy atom. The number of nitrogens with two attached hydrogens (primary N) is 1. The molecule has 1 atom stereocenters. The number of ether oxygens (including phenoxy) is 2. The molecule has 0 saturated carbocycles. The van der Waals surface area contributed by atoms with E-state index < -0.39 is 0 Å². The van der Waals surface area contributed by atoms with Crippen LogP contribution in [0.4, 0.5) is 4.39 Å². The molecule has 2 aromatic rings. The van der Waals surface area contributed by atoms with Crippen LogP contribution in [0.3, 0.4) is 0 Å². The van der Waals surface area contributed by atoms with E-state index in [4.69, 9.17) is 15.2 Å². The second-order valence-electron chi connectivity index (χ2n) is 4.59. The van der Waals surface area contributed by atoms with Crippen LogP contribution in [0, 0.1) is 5.82 Å². The van der Waals surface area contributed by atoms with Crippen molar-refractivity contribution >= 4 is 0 Å². The Hall–Kier alpha value is -2.07. The van der Waals surface area contributed by atoms with Gasteiger partial charge in [-0.2, -0.15) is 0 Å². The topological polar surface area (TPSA) is 44.5 Å². The first-order valence-corrected chi connectivity index (χ1v) is 6.34. The Morgan fingerprint density at radius 2 is 1.75 bits per heavy atom. The number of hydrogen-bond acceptors (Lipinski definition) is 3. The summed E-state index contributed by atoms with van der Waals surface area (Å²) in [5.74, 6) is 0.916. The Morgan fingerprint density at radius 1 is 1.00 bits per heavy atom. The van der Waals surface area contributed by atoms with E-state index in [0.29, 0.717) is 22.6 Å². The number of benzene rings is 2. The Kier molecular flexibility index (Phi) is 4.25. The molecule has 0 aliphatic carbocycles. The zero-order chi connectivity index (χ0) is 14.7. The van der Waals surface area contributed by atoms with Gasteiger partial charge in [-0.25, -0.2) is 4.39 Å². The summed E-state index contributed by atoms with van der Waals surface area (Å²) in [7, 11) is 3.12. The van der Waals surface area contributed by atoms with Crippen LogP contribution in [-0.2, 0) is 0 Å². The third-order valence-corrected chi connectivity index (χ3v) is 3.21. The molecule has 0 bridgehead atoms. The van der Waals surface area contributed by atoms with E-state index in [-0.39, 0.29) is 11.9 Å². The summed E-state index contributed by atoms with van der Waals surface area (Å²) < 4.78 is 24.6. The van der Waals surface area contributed by atoms with E-state index in [0.717, 1.165) is 5.56 Å². The third-order valence-electron chi connectivity index (χ3n) is 3.21. The van der Waals surface area contributed by atoms with Crippen molar-refractivity contribution < 1.29 is 13.9 Å². The molecule has 0 aromatic heterocycles. The van der Waals surface area contributed by atoms with Crippen molar-refractivity contribution in [3.63, 3.8) is 0 Å². The van der Waals surface area contributed by atoms with Gasteiger partial charge in [0.25, 0.3) is 0 Å². The van der Waals surface area contributed by atoms with Gasteiger partial charge in [0.1, 0.15) is 17.3 Å². The average Bonchev–Trinajstić information content (AvgIpc) is 2.46. The summed E-state index contributed by atoms with van der Waals surface area (Å²) in [6.07, 6.45) is 0. The van der Waals surface area contributed by atoms with Gasteiger partial charge in [-0.3, -0.25) is 0 Å². The number of halogens is 1. The molecule has 0 saturated heterocycles. The number of rotatable bonds is 4. The molecule has 0 spiro atoms. The predicted molar refractivity (Wildman–Crippen MR) is 77.5 cm³/mol. The minimum atomic E-state index is -0.319. The van der Waals surface area contributed by atoms with Gasteiger partial charge in [0, 0.05) is 17.2 Å². The molecular weight excluding hydrogens is 257 g/mol. The molecule has 3 nitrogen and oxygen atoms in total. The molecular formula is C16H18FNO2. The molecule has 20 heavy (non-hydrogen) atoms. The van der Waals surface area contributed by atoms with Crippen molar-refractivity contribution in [3.8, 4) is 22.6 Å². The van der Waals surface area contributed by atoms with Crippen LogP contribution in [0.15, 0.2) is 36.4 Å². The summed E-state index contributed by atoms with van der Waals surface area (Å²) in [6.45, 7) is 1.86. The van der Waals surface area contributed by atoms with Crippen LogP contribution < -0.4 is 15.2 Å². The first kappa shape index (κ1) is 14.3. The van der Waals surface area contributed by atoms with Crippen LogP contribution >= 0.6 is 0 Å². The van der Waals surface area contributed by atoms with Crippen molar-refractivity contribution in [2.45, 2.75) is 13.0 Å². The number of methoxy groups -OCH3 is 2. The van der Waals surface area contributed by atoms with Gasteiger partial charge < -0.3 is 15.2 Å². The summed E-state index contributed by atoms with van der Waals surface area (Å²) in [5.41, 5.74) is 7.83. The van der Waals surface area contributed by atoms with E-state index in [1.165, 1.54) is 6.07 Å². The van der Waals surface area contributed by atoms with E-state index in [9.17, 15) is 4.39 Å². The third kappa shape index (κ3) is 2.75. The smallest absolute Gasteiger partial charge is 0.131 e. The van der Waals surface area contributed by atoms with Gasteiger partial charge in [0.05, 0.1) is 14.2 Å². The molecule has 2 N–H and O–H groups in total. The van der Waals surface area contributed by atoms with E-state index >= 15 is 0 Å².